The minimum absolute atomic E-state index is 0.0564. The molecule has 6 amide bonds. The number of H-pyrrole nitrogens is 2. The number of primary amides is 4. The molecule has 12 rings (SSSR count). The number of ether oxygens (including phenoxy) is 2. The number of nitrogens with zero attached hydrogens (tertiary/aromatic N) is 14. The molecule has 15 N–H and O–H groups in total. The van der Waals surface area contributed by atoms with Crippen molar-refractivity contribution in [2.45, 2.75) is 205 Å². The summed E-state index contributed by atoms with van der Waals surface area (Å²) < 4.78 is 39.2. The molecule has 0 saturated carbocycles. The van der Waals surface area contributed by atoms with Gasteiger partial charge in [0.15, 0.2) is 35.5 Å². The minimum Gasteiger partial charge on any atom is -0.491 e. The number of nitrogens with one attached hydrogen (secondary N) is 4. The van der Waals surface area contributed by atoms with Crippen molar-refractivity contribution in [1.82, 2.24) is 68.0 Å². The fourth-order valence-electron chi connectivity index (χ4n) is 13.0. The third kappa shape index (κ3) is 21.8. The molecule has 0 atom stereocenters. The SMILES string of the molecule is CC[n+]1[nH]c(C)cc1C(=O)Nc1nc2cc(C(N)=O)sc2n1C/C=C/Cn1c(N)nc2cc(C(N)=O)cc(OCCCO[Si](C)(C)C(C)(C)C)c21.CCn1nc(C)cc1C(=O)Cc1nc2cc(C(N)=O)cc(OCCCO[Si](C)(C)C(C)(C)C)c2n1C/C=C/Cn1c(NC(=O)c2cc(C)[nH][n+]2CC)nc2cc(C(N)=O)sc21.CCn1nc(C)cc1C(=O)O. The van der Waals surface area contributed by atoms with Crippen molar-refractivity contribution in [2.24, 2.45) is 22.9 Å². The molecule has 40 heteroatoms. The lowest BCUT2D eigenvalue weighted by atomic mass is 10.1. The van der Waals surface area contributed by atoms with Gasteiger partial charge in [0.05, 0.1) is 63.2 Å². The summed E-state index contributed by atoms with van der Waals surface area (Å²) in [5, 5.41) is 29.4. The van der Waals surface area contributed by atoms with E-state index in [0.29, 0.717) is 177 Å². The molecule has 12 aromatic rings. The number of imidazole rings is 4. The summed E-state index contributed by atoms with van der Waals surface area (Å²) >= 11 is 2.38. The molecule has 0 aliphatic rings. The smallest absolute Gasteiger partial charge is 0.354 e. The molecule has 0 unspecified atom stereocenters. The van der Waals surface area contributed by atoms with Gasteiger partial charge in [-0.1, -0.05) is 65.8 Å². The first-order chi connectivity index (χ1) is 58.0. The zero-order valence-corrected chi connectivity index (χ0v) is 76.6. The van der Waals surface area contributed by atoms with Crippen LogP contribution in [0.3, 0.4) is 0 Å². The number of amides is 6. The van der Waals surface area contributed by atoms with Crippen LogP contribution in [0.4, 0.5) is 17.8 Å². The predicted molar refractivity (Wildman–Crippen MR) is 477 cm³/mol. The maximum absolute atomic E-state index is 13.9. The third-order valence-corrected chi connectivity index (χ3v) is 32.8. The summed E-state index contributed by atoms with van der Waals surface area (Å²) in [6, 6.07) is 16.5. The first-order valence-corrected chi connectivity index (χ1v) is 47.9. The maximum atomic E-state index is 13.9. The van der Waals surface area contributed by atoms with Gasteiger partial charge >= 0.3 is 17.8 Å². The molecule has 0 bridgehead atoms. The lowest BCUT2D eigenvalue weighted by Gasteiger charge is -2.36. The Morgan fingerprint density at radius 2 is 0.911 bits per heavy atom. The number of thiophene rings is 2. The Kier molecular flexibility index (Phi) is 29.4. The van der Waals surface area contributed by atoms with Gasteiger partial charge in [0.2, 0.25) is 29.7 Å². The molecule has 0 radical (unpaired) electrons. The van der Waals surface area contributed by atoms with E-state index in [1.807, 2.05) is 81.9 Å². The summed E-state index contributed by atoms with van der Waals surface area (Å²) in [4.78, 5) is 121. The maximum Gasteiger partial charge on any atom is 0.354 e. The second-order valence-electron chi connectivity index (χ2n) is 32.5. The topological polar surface area (TPSA) is 494 Å². The van der Waals surface area contributed by atoms with Gasteiger partial charge in [0, 0.05) is 88.6 Å². The van der Waals surface area contributed by atoms with Gasteiger partial charge in [-0.2, -0.15) is 20.4 Å². The zero-order valence-electron chi connectivity index (χ0n) is 73.0. The number of nitrogen functional groups attached to an aromatic ring is 1. The molecule has 10 heterocycles. The number of rotatable bonds is 36. The molecule has 2 aromatic carbocycles. The Balaban J connectivity index is 0.000000231. The van der Waals surface area contributed by atoms with E-state index in [4.69, 9.17) is 57.1 Å². The first kappa shape index (κ1) is 93.0. The molecule has 656 valence electrons. The van der Waals surface area contributed by atoms with Crippen LogP contribution in [-0.2, 0) is 67.6 Å². The van der Waals surface area contributed by atoms with E-state index in [1.165, 1.54) is 27.4 Å². The number of aromatic nitrogens is 16. The number of Topliss-reactive ketones (excluding diaryl/α,β-unsaturated/α-hetero) is 1. The number of carboxylic acids is 1. The van der Waals surface area contributed by atoms with E-state index in [1.54, 1.807) is 90.8 Å². The van der Waals surface area contributed by atoms with Crippen LogP contribution in [0.1, 0.15) is 193 Å². The van der Waals surface area contributed by atoms with Gasteiger partial charge in [-0.3, -0.25) is 62.7 Å². The third-order valence-electron chi connectivity index (χ3n) is 21.4. The first-order valence-electron chi connectivity index (χ1n) is 40.5. The Morgan fingerprint density at radius 3 is 1.30 bits per heavy atom. The normalized spacial score (nSPS) is 12.1. The van der Waals surface area contributed by atoms with Crippen molar-refractivity contribution in [3.8, 4) is 11.5 Å². The monoisotopic (exact) mass is 1760 g/mol. The molecule has 0 fully saturated rings. The number of aryl methyl sites for hydroxylation is 8. The van der Waals surface area contributed by atoms with Gasteiger partial charge in [0.1, 0.15) is 60.4 Å². The number of carbonyl (C=O) groups is 8. The van der Waals surface area contributed by atoms with Crippen LogP contribution >= 0.6 is 22.7 Å². The second kappa shape index (κ2) is 38.9. The van der Waals surface area contributed by atoms with Crippen LogP contribution in [0.25, 0.3) is 42.8 Å². The Morgan fingerprint density at radius 1 is 0.512 bits per heavy atom. The van der Waals surface area contributed by atoms with Crippen molar-refractivity contribution in [2.75, 3.05) is 42.8 Å². The molecule has 0 spiro atoms. The lowest BCUT2D eigenvalue weighted by Crippen LogP contribution is -2.41. The summed E-state index contributed by atoms with van der Waals surface area (Å²) in [6.45, 7) is 42.1. The number of nitrogens with two attached hydrogens (primary N) is 5. The van der Waals surface area contributed by atoms with E-state index < -0.39 is 46.2 Å². The van der Waals surface area contributed by atoms with Crippen LogP contribution in [0.15, 0.2) is 85.0 Å². The summed E-state index contributed by atoms with van der Waals surface area (Å²) in [5.74, 6) is -2.00. The fraction of sp³-hybridized carbons (Fsp3) is 0.422. The number of hydrogen-bond acceptors (Lipinski definition) is 21. The average Bonchev–Trinajstić information content (AvgIpc) is 1.64. The highest BCUT2D eigenvalue weighted by molar-refractivity contribution is 7.20. The highest BCUT2D eigenvalue weighted by atomic mass is 32.1. The number of carboxylic acid groups (broad SMARTS) is 1. The Hall–Kier alpha value is -12.2. The quantitative estimate of drug-likeness (QED) is 0.00573. The molecule has 10 aromatic heterocycles. The number of fused-ring (bicyclic) bond motifs is 4. The molecular formula is C83H113N23O13S2Si2+2. The van der Waals surface area contributed by atoms with Crippen LogP contribution < -0.4 is 58.1 Å². The number of anilines is 3. The Bertz CT molecular complexity index is 6020. The molecule has 36 nitrogen and oxygen atoms in total. The van der Waals surface area contributed by atoms with Crippen molar-refractivity contribution in [1.29, 1.82) is 0 Å². The van der Waals surface area contributed by atoms with E-state index in [2.05, 4.69) is 114 Å². The molecular weight excluding hydrogens is 1650 g/mol. The second-order valence-corrected chi connectivity index (χ2v) is 44.2. The van der Waals surface area contributed by atoms with Crippen molar-refractivity contribution in [3.63, 3.8) is 0 Å². The standard InChI is InChI=1S/C42H55N11O6SSi.C34H46N10O5SSi.C7H10N2O2/c1-10-52-30(19-25(3)48-52)32(54)24-35-45-28-21-27(37(43)55)22-33(58-17-14-18-59-61(8,9)42(5,6)7)36(28)50(35)15-12-13-16-51-40-29(23-34(60-40)38(44)56)46-41(51)47-39(57)31-20-26(4)49-53(31)11-2;1-8-44-24(16-20(2)41-44)30(47)40-33-39-23-19-26(29(36)46)50-31(23)43(33)13-10-9-12-42-27-22(38-32(42)37)17-21(28(35)45)18-25(27)48-14-11-15-49-51(6,7)34(3,4)5;1-3-9-6(7(10)11)4-5(2)8-9/h12-13,19-23H,10-11,14-18,24H2,1-9H3,(H5,43,44,46,47,55,56,57);9-10,16-19H,8,11-15H2,1-7H3,(H7,35,36,37,38,39,40,45,46,47);4H,3H2,1-2H3,(H,10,11)/p+2/b13-12+;10-9+;. The van der Waals surface area contributed by atoms with Crippen molar-refractivity contribution >= 4 is 147 Å². The van der Waals surface area contributed by atoms with Crippen LogP contribution in [-0.4, -0.2) is 163 Å². The minimum atomic E-state index is -1.97. The number of allylic oxidation sites excluding steroid dienone is 4. The average molecular weight is 1760 g/mol. The number of benzene rings is 2. The fourth-order valence-corrected chi connectivity index (χ4v) is 17.1. The summed E-state index contributed by atoms with van der Waals surface area (Å²) in [6.07, 6.45) is 8.81. The summed E-state index contributed by atoms with van der Waals surface area (Å²) in [7, 11) is -3.87. The van der Waals surface area contributed by atoms with Crippen molar-refractivity contribution in [3.05, 3.63) is 157 Å². The van der Waals surface area contributed by atoms with Crippen LogP contribution in [0.5, 0.6) is 11.5 Å². The number of carbonyl (C=O) groups excluding carboxylic acids is 7. The number of ketones is 1. The predicted octanol–water partition coefficient (Wildman–Crippen LogP) is 11.2. The summed E-state index contributed by atoms with van der Waals surface area (Å²) in [5.41, 5.74) is 37.4. The largest absolute Gasteiger partial charge is 0.491 e. The van der Waals surface area contributed by atoms with Crippen LogP contribution in [0, 0.1) is 27.7 Å². The number of aromatic carboxylic acids is 1. The van der Waals surface area contributed by atoms with E-state index in [0.717, 1.165) is 22.8 Å². The molecule has 0 aliphatic carbocycles. The van der Waals surface area contributed by atoms with Crippen molar-refractivity contribution < 1.29 is 71.2 Å². The van der Waals surface area contributed by atoms with Gasteiger partial charge in [-0.15, -0.1) is 32.0 Å². The highest BCUT2D eigenvalue weighted by Gasteiger charge is 2.39. The number of aromatic amines is 2. The number of hydrogen-bond donors (Lipinski definition) is 10. The van der Waals surface area contributed by atoms with E-state index >= 15 is 0 Å². The van der Waals surface area contributed by atoms with Crippen LogP contribution in [0.2, 0.25) is 36.3 Å². The van der Waals surface area contributed by atoms with E-state index in [-0.39, 0.29) is 70.0 Å². The highest BCUT2D eigenvalue weighted by Crippen LogP contribution is 2.39. The lowest BCUT2D eigenvalue weighted by molar-refractivity contribution is -0.748. The molecule has 0 aliphatic heterocycles. The molecule has 0 saturated heterocycles. The zero-order chi connectivity index (χ0) is 90.1. The van der Waals surface area contributed by atoms with Gasteiger partial charge in [-0.05, 0) is 140 Å². The Labute approximate surface area is 721 Å². The van der Waals surface area contributed by atoms with E-state index in [9.17, 15) is 38.4 Å². The van der Waals surface area contributed by atoms with Gasteiger partial charge in [-0.25, -0.2) is 24.7 Å². The molecule has 123 heavy (non-hydrogen) atoms. The van der Waals surface area contributed by atoms with Gasteiger partial charge in [0.25, 0.3) is 23.2 Å². The van der Waals surface area contributed by atoms with Gasteiger partial charge < -0.3 is 61.2 Å².